The Morgan fingerprint density at radius 1 is 1.18 bits per heavy atom. The van der Waals surface area contributed by atoms with Crippen molar-refractivity contribution in [2.24, 2.45) is 0 Å². The van der Waals surface area contributed by atoms with E-state index in [4.69, 9.17) is 0 Å². The smallest absolute Gasteiger partial charge is 0.228 e. The number of carbonyl (C=O) groups excluding carboxylic acids is 1. The number of rotatable bonds is 4. The summed E-state index contributed by atoms with van der Waals surface area (Å²) in [7, 11) is 0. The second-order valence-corrected chi connectivity index (χ2v) is 5.35. The molecule has 3 N–H and O–H groups in total. The number of benzene rings is 2. The first-order valence-electron chi connectivity index (χ1n) is 7.27. The first kappa shape index (κ1) is 14.4. The number of amides is 1. The third-order valence-corrected chi connectivity index (χ3v) is 3.71. The zero-order valence-corrected chi connectivity index (χ0v) is 12.3. The maximum absolute atomic E-state index is 12.3. The SMILES string of the molecule is CC(O)c1ccccc1NC(=O)Cc1c[nH]c2ccccc12. The van der Waals surface area contributed by atoms with Gasteiger partial charge in [0, 0.05) is 28.4 Å². The van der Waals surface area contributed by atoms with E-state index in [1.54, 1.807) is 13.0 Å². The average Bonchev–Trinajstić information content (AvgIpc) is 2.91. The molecule has 0 aliphatic rings. The minimum Gasteiger partial charge on any atom is -0.389 e. The van der Waals surface area contributed by atoms with Crippen LogP contribution in [0, 0.1) is 0 Å². The van der Waals surface area contributed by atoms with E-state index in [9.17, 15) is 9.90 Å². The summed E-state index contributed by atoms with van der Waals surface area (Å²) in [6, 6.07) is 15.2. The average molecular weight is 294 g/mol. The molecule has 0 saturated heterocycles. The Balaban J connectivity index is 1.79. The molecule has 3 rings (SSSR count). The lowest BCUT2D eigenvalue weighted by atomic mass is 10.1. The van der Waals surface area contributed by atoms with Gasteiger partial charge in [-0.15, -0.1) is 0 Å². The fraction of sp³-hybridized carbons (Fsp3) is 0.167. The summed E-state index contributed by atoms with van der Waals surface area (Å²) in [5.74, 6) is -0.0992. The lowest BCUT2D eigenvalue weighted by molar-refractivity contribution is -0.115. The molecule has 0 bridgehead atoms. The molecule has 0 aliphatic carbocycles. The molecule has 112 valence electrons. The molecule has 1 aromatic heterocycles. The number of nitrogens with one attached hydrogen (secondary N) is 2. The van der Waals surface area contributed by atoms with Gasteiger partial charge in [-0.2, -0.15) is 0 Å². The second-order valence-electron chi connectivity index (χ2n) is 5.35. The summed E-state index contributed by atoms with van der Waals surface area (Å²) in [5, 5.41) is 13.7. The van der Waals surface area contributed by atoms with Crippen LogP contribution in [-0.2, 0) is 11.2 Å². The summed E-state index contributed by atoms with van der Waals surface area (Å²) in [4.78, 5) is 15.5. The molecule has 1 heterocycles. The van der Waals surface area contributed by atoms with Crippen LogP contribution >= 0.6 is 0 Å². The highest BCUT2D eigenvalue weighted by molar-refractivity contribution is 5.96. The standard InChI is InChI=1S/C18H18N2O2/c1-12(21)14-6-2-5-9-17(14)20-18(22)10-13-11-19-16-8-4-3-7-15(13)16/h2-9,11-12,19,21H,10H2,1H3,(H,20,22). The molecule has 4 nitrogen and oxygen atoms in total. The van der Waals surface area contributed by atoms with Gasteiger partial charge in [-0.1, -0.05) is 36.4 Å². The Morgan fingerprint density at radius 2 is 1.91 bits per heavy atom. The van der Waals surface area contributed by atoms with Crippen molar-refractivity contribution in [2.45, 2.75) is 19.4 Å². The van der Waals surface area contributed by atoms with Crippen LogP contribution < -0.4 is 5.32 Å². The van der Waals surface area contributed by atoms with E-state index in [2.05, 4.69) is 10.3 Å². The van der Waals surface area contributed by atoms with Gasteiger partial charge in [-0.05, 0) is 24.6 Å². The summed E-state index contributed by atoms with van der Waals surface area (Å²) in [6.07, 6.45) is 1.53. The highest BCUT2D eigenvalue weighted by atomic mass is 16.3. The molecule has 1 amide bonds. The highest BCUT2D eigenvalue weighted by Gasteiger charge is 2.12. The number of hydrogen-bond donors (Lipinski definition) is 3. The number of H-pyrrole nitrogens is 1. The fourth-order valence-corrected chi connectivity index (χ4v) is 2.62. The van der Waals surface area contributed by atoms with E-state index >= 15 is 0 Å². The van der Waals surface area contributed by atoms with Crippen molar-refractivity contribution in [2.75, 3.05) is 5.32 Å². The largest absolute Gasteiger partial charge is 0.389 e. The molecule has 4 heteroatoms. The number of aromatic nitrogens is 1. The van der Waals surface area contributed by atoms with Gasteiger partial charge in [0.05, 0.1) is 12.5 Å². The van der Waals surface area contributed by atoms with Gasteiger partial charge < -0.3 is 15.4 Å². The van der Waals surface area contributed by atoms with Crippen LogP contribution in [0.5, 0.6) is 0 Å². The number of aliphatic hydroxyl groups excluding tert-OH is 1. The maximum Gasteiger partial charge on any atom is 0.228 e. The van der Waals surface area contributed by atoms with E-state index in [1.165, 1.54) is 0 Å². The summed E-state index contributed by atoms with van der Waals surface area (Å²) >= 11 is 0. The van der Waals surface area contributed by atoms with Gasteiger partial charge in [0.15, 0.2) is 0 Å². The molecule has 0 fully saturated rings. The predicted octanol–water partition coefficient (Wildman–Crippen LogP) is 3.40. The topological polar surface area (TPSA) is 65.1 Å². The third-order valence-electron chi connectivity index (χ3n) is 3.71. The molecule has 1 unspecified atom stereocenters. The number of aromatic amines is 1. The summed E-state index contributed by atoms with van der Waals surface area (Å²) < 4.78 is 0. The van der Waals surface area contributed by atoms with Gasteiger partial charge in [0.2, 0.25) is 5.91 Å². The van der Waals surface area contributed by atoms with Crippen molar-refractivity contribution in [3.8, 4) is 0 Å². The highest BCUT2D eigenvalue weighted by Crippen LogP contribution is 2.23. The molecular weight excluding hydrogens is 276 g/mol. The number of hydrogen-bond acceptors (Lipinski definition) is 2. The van der Waals surface area contributed by atoms with Crippen LogP contribution in [0.2, 0.25) is 0 Å². The van der Waals surface area contributed by atoms with Crippen LogP contribution in [0.1, 0.15) is 24.2 Å². The predicted molar refractivity (Wildman–Crippen MR) is 87.7 cm³/mol. The zero-order valence-electron chi connectivity index (χ0n) is 12.3. The van der Waals surface area contributed by atoms with E-state index in [0.29, 0.717) is 5.69 Å². The van der Waals surface area contributed by atoms with Gasteiger partial charge in [0.1, 0.15) is 0 Å². The van der Waals surface area contributed by atoms with Crippen molar-refractivity contribution in [1.29, 1.82) is 0 Å². The minimum atomic E-state index is -0.621. The summed E-state index contributed by atoms with van der Waals surface area (Å²) in [6.45, 7) is 1.69. The Morgan fingerprint density at radius 3 is 2.73 bits per heavy atom. The van der Waals surface area contributed by atoms with Gasteiger partial charge in [-0.25, -0.2) is 0 Å². The lowest BCUT2D eigenvalue weighted by Gasteiger charge is -2.12. The van der Waals surface area contributed by atoms with E-state index in [1.807, 2.05) is 48.7 Å². The van der Waals surface area contributed by atoms with Crippen molar-refractivity contribution >= 4 is 22.5 Å². The van der Waals surface area contributed by atoms with Crippen LogP contribution in [0.3, 0.4) is 0 Å². The molecular formula is C18H18N2O2. The quantitative estimate of drug-likeness (QED) is 0.690. The number of aliphatic hydroxyl groups is 1. The van der Waals surface area contributed by atoms with E-state index in [-0.39, 0.29) is 12.3 Å². The molecule has 0 spiro atoms. The molecule has 0 aliphatic heterocycles. The number of anilines is 1. The Kier molecular flexibility index (Phi) is 3.94. The first-order chi connectivity index (χ1) is 10.6. The maximum atomic E-state index is 12.3. The lowest BCUT2D eigenvalue weighted by Crippen LogP contribution is -2.16. The van der Waals surface area contributed by atoms with Crippen LogP contribution in [0.15, 0.2) is 54.7 Å². The van der Waals surface area contributed by atoms with E-state index < -0.39 is 6.10 Å². The monoisotopic (exact) mass is 294 g/mol. The van der Waals surface area contributed by atoms with Crippen molar-refractivity contribution in [1.82, 2.24) is 4.98 Å². The van der Waals surface area contributed by atoms with E-state index in [0.717, 1.165) is 22.0 Å². The van der Waals surface area contributed by atoms with Crippen LogP contribution in [0.4, 0.5) is 5.69 Å². The number of para-hydroxylation sites is 2. The Hall–Kier alpha value is -2.59. The van der Waals surface area contributed by atoms with Crippen molar-refractivity contribution in [3.05, 3.63) is 65.9 Å². The Labute approximate surface area is 128 Å². The Bertz CT molecular complexity index is 805. The van der Waals surface area contributed by atoms with Crippen molar-refractivity contribution < 1.29 is 9.90 Å². The third kappa shape index (κ3) is 2.87. The number of fused-ring (bicyclic) bond motifs is 1. The van der Waals surface area contributed by atoms with Crippen LogP contribution in [0.25, 0.3) is 10.9 Å². The zero-order chi connectivity index (χ0) is 15.5. The second kappa shape index (κ2) is 6.03. The van der Waals surface area contributed by atoms with Gasteiger partial charge in [-0.3, -0.25) is 4.79 Å². The molecule has 0 saturated carbocycles. The number of carbonyl (C=O) groups is 1. The molecule has 2 aromatic carbocycles. The van der Waals surface area contributed by atoms with Crippen molar-refractivity contribution in [3.63, 3.8) is 0 Å². The van der Waals surface area contributed by atoms with Gasteiger partial charge in [0.25, 0.3) is 0 Å². The molecule has 3 aromatic rings. The molecule has 22 heavy (non-hydrogen) atoms. The van der Waals surface area contributed by atoms with Gasteiger partial charge >= 0.3 is 0 Å². The molecule has 1 atom stereocenters. The van der Waals surface area contributed by atoms with Crippen LogP contribution in [-0.4, -0.2) is 16.0 Å². The minimum absolute atomic E-state index is 0.0992. The fourth-order valence-electron chi connectivity index (χ4n) is 2.62. The first-order valence-corrected chi connectivity index (χ1v) is 7.27. The summed E-state index contributed by atoms with van der Waals surface area (Å²) in [5.41, 5.74) is 3.36. The molecule has 0 radical (unpaired) electrons. The normalized spacial score (nSPS) is 12.3.